The fourth-order valence-electron chi connectivity index (χ4n) is 3.79. The van der Waals surface area contributed by atoms with Crippen LogP contribution in [0.1, 0.15) is 29.5 Å². The molecule has 0 unspecified atom stereocenters. The summed E-state index contributed by atoms with van der Waals surface area (Å²) in [5.41, 5.74) is 2.17. The third-order valence-electron chi connectivity index (χ3n) is 4.84. The summed E-state index contributed by atoms with van der Waals surface area (Å²) < 4.78 is 33.2. The van der Waals surface area contributed by atoms with Crippen LogP contribution in [0.5, 0.6) is 5.75 Å². The molecule has 1 aliphatic heterocycles. The Bertz CT molecular complexity index is 787. The lowest BCUT2D eigenvalue weighted by Crippen LogP contribution is -2.29. The molecule has 1 aliphatic carbocycles. The van der Waals surface area contributed by atoms with Crippen LogP contribution in [0.25, 0.3) is 0 Å². The van der Waals surface area contributed by atoms with Gasteiger partial charge in [-0.15, -0.1) is 0 Å². The molecule has 0 amide bonds. The van der Waals surface area contributed by atoms with Gasteiger partial charge >= 0.3 is 0 Å². The van der Waals surface area contributed by atoms with Crippen molar-refractivity contribution in [3.8, 4) is 5.75 Å². The first kappa shape index (κ1) is 14.2. The molecule has 23 heavy (non-hydrogen) atoms. The Labute approximate surface area is 133 Å². The summed E-state index contributed by atoms with van der Waals surface area (Å²) in [7, 11) is 1.63. The summed E-state index contributed by atoms with van der Waals surface area (Å²) >= 11 is 0. The van der Waals surface area contributed by atoms with Crippen LogP contribution >= 0.6 is 0 Å². The van der Waals surface area contributed by atoms with E-state index >= 15 is 0 Å². The molecule has 0 radical (unpaired) electrons. The van der Waals surface area contributed by atoms with Crippen LogP contribution in [-0.4, -0.2) is 7.11 Å². The molecule has 4 rings (SSSR count). The van der Waals surface area contributed by atoms with Crippen molar-refractivity contribution in [3.63, 3.8) is 0 Å². The molecule has 0 bridgehead atoms. The zero-order valence-corrected chi connectivity index (χ0v) is 12.7. The Hall–Kier alpha value is -2.36. The zero-order chi connectivity index (χ0) is 16.0. The fourth-order valence-corrected chi connectivity index (χ4v) is 3.79. The van der Waals surface area contributed by atoms with Gasteiger partial charge in [-0.05, 0) is 41.7 Å². The van der Waals surface area contributed by atoms with Crippen LogP contribution in [0.15, 0.2) is 48.6 Å². The lowest BCUT2D eigenvalue weighted by molar-refractivity contribution is 0.404. The van der Waals surface area contributed by atoms with Gasteiger partial charge < -0.3 is 10.1 Å². The van der Waals surface area contributed by atoms with Crippen molar-refractivity contribution >= 4 is 5.69 Å². The van der Waals surface area contributed by atoms with Crippen molar-refractivity contribution in [2.45, 2.75) is 18.4 Å². The third kappa shape index (κ3) is 2.29. The van der Waals surface area contributed by atoms with E-state index in [2.05, 4.69) is 17.5 Å². The molecule has 1 N–H and O–H groups in total. The van der Waals surface area contributed by atoms with Crippen molar-refractivity contribution in [3.05, 3.63) is 71.3 Å². The molecule has 1 heterocycles. The first-order valence-electron chi connectivity index (χ1n) is 7.73. The third-order valence-corrected chi connectivity index (χ3v) is 4.84. The Morgan fingerprint density at radius 2 is 2.04 bits per heavy atom. The summed E-state index contributed by atoms with van der Waals surface area (Å²) in [6.45, 7) is 0. The van der Waals surface area contributed by atoms with Gasteiger partial charge in [0.05, 0.1) is 18.8 Å². The predicted molar refractivity (Wildman–Crippen MR) is 85.7 cm³/mol. The molecule has 0 spiro atoms. The number of benzene rings is 2. The van der Waals surface area contributed by atoms with Gasteiger partial charge in [0, 0.05) is 12.0 Å². The van der Waals surface area contributed by atoms with Gasteiger partial charge in [0.25, 0.3) is 0 Å². The quantitative estimate of drug-likeness (QED) is 0.804. The highest BCUT2D eigenvalue weighted by atomic mass is 19.1. The number of halogens is 2. The first-order chi connectivity index (χ1) is 11.2. The van der Waals surface area contributed by atoms with E-state index < -0.39 is 11.6 Å². The number of nitrogens with one attached hydrogen (secondary N) is 1. The molecule has 2 nitrogen and oxygen atoms in total. The summed E-state index contributed by atoms with van der Waals surface area (Å²) in [5.74, 6) is -0.00536. The van der Waals surface area contributed by atoms with Crippen LogP contribution in [-0.2, 0) is 0 Å². The maximum absolute atomic E-state index is 14.3. The topological polar surface area (TPSA) is 21.3 Å². The minimum absolute atomic E-state index is 0.0300. The zero-order valence-electron chi connectivity index (χ0n) is 12.7. The van der Waals surface area contributed by atoms with Crippen molar-refractivity contribution in [1.29, 1.82) is 0 Å². The smallest absolute Gasteiger partial charge is 0.149 e. The predicted octanol–water partition coefficient (Wildman–Crippen LogP) is 4.80. The normalized spacial score (nSPS) is 24.7. The molecule has 0 saturated carbocycles. The van der Waals surface area contributed by atoms with Crippen molar-refractivity contribution in [2.24, 2.45) is 5.92 Å². The minimum Gasteiger partial charge on any atom is -0.497 e. The maximum atomic E-state index is 14.3. The van der Waals surface area contributed by atoms with Crippen LogP contribution in [0, 0.1) is 17.6 Å². The van der Waals surface area contributed by atoms with Gasteiger partial charge in [-0.3, -0.25) is 0 Å². The molecular weight excluding hydrogens is 296 g/mol. The average molecular weight is 313 g/mol. The van der Waals surface area contributed by atoms with Gasteiger partial charge in [0.15, 0.2) is 0 Å². The number of fused-ring (bicyclic) bond motifs is 3. The fraction of sp³-hybridized carbons (Fsp3) is 0.263. The largest absolute Gasteiger partial charge is 0.497 e. The van der Waals surface area contributed by atoms with E-state index in [9.17, 15) is 8.78 Å². The van der Waals surface area contributed by atoms with E-state index in [4.69, 9.17) is 4.74 Å². The summed E-state index contributed by atoms with van der Waals surface area (Å²) in [6.07, 6.45) is 5.05. The molecule has 0 aromatic heterocycles. The Morgan fingerprint density at radius 1 is 1.17 bits per heavy atom. The molecule has 0 fully saturated rings. The second-order valence-corrected chi connectivity index (χ2v) is 6.10. The Morgan fingerprint density at radius 3 is 2.87 bits per heavy atom. The number of hydrogen-bond donors (Lipinski definition) is 1. The number of methoxy groups -OCH3 is 1. The van der Waals surface area contributed by atoms with Crippen LogP contribution in [0.3, 0.4) is 0 Å². The number of allylic oxidation sites excluding steroid dienone is 2. The van der Waals surface area contributed by atoms with Gasteiger partial charge in [-0.1, -0.05) is 24.3 Å². The number of anilines is 1. The number of rotatable bonds is 2. The lowest BCUT2D eigenvalue weighted by Gasteiger charge is -2.37. The first-order valence-corrected chi connectivity index (χ1v) is 7.73. The molecule has 4 heteroatoms. The molecule has 118 valence electrons. The summed E-state index contributed by atoms with van der Waals surface area (Å²) in [5, 5.41) is 3.29. The van der Waals surface area contributed by atoms with Crippen LogP contribution in [0.4, 0.5) is 14.5 Å². The SMILES string of the molecule is COc1cccc([C@@H]2Nc3c(F)cc(F)cc3[C@H]3C=CC[C@@H]32)c1. The Kier molecular flexibility index (Phi) is 3.33. The molecule has 0 saturated heterocycles. The second-order valence-electron chi connectivity index (χ2n) is 6.10. The van der Waals surface area contributed by atoms with E-state index in [-0.39, 0.29) is 17.9 Å². The molecule has 2 aromatic carbocycles. The molecular formula is C19H17F2NO. The van der Waals surface area contributed by atoms with Crippen molar-refractivity contribution < 1.29 is 13.5 Å². The van der Waals surface area contributed by atoms with E-state index in [0.717, 1.165) is 23.8 Å². The van der Waals surface area contributed by atoms with Crippen LogP contribution in [0.2, 0.25) is 0 Å². The van der Waals surface area contributed by atoms with E-state index in [0.29, 0.717) is 11.3 Å². The van der Waals surface area contributed by atoms with Crippen molar-refractivity contribution in [1.82, 2.24) is 0 Å². The van der Waals surface area contributed by atoms with Gasteiger partial charge in [0.1, 0.15) is 17.4 Å². The average Bonchev–Trinajstić information content (AvgIpc) is 3.04. The van der Waals surface area contributed by atoms with Gasteiger partial charge in [-0.2, -0.15) is 0 Å². The molecule has 3 atom stereocenters. The molecule has 2 aromatic rings. The lowest BCUT2D eigenvalue weighted by atomic mass is 9.77. The number of hydrogen-bond acceptors (Lipinski definition) is 2. The van der Waals surface area contributed by atoms with Crippen LogP contribution < -0.4 is 10.1 Å². The second kappa shape index (κ2) is 5.37. The maximum Gasteiger partial charge on any atom is 0.149 e. The van der Waals surface area contributed by atoms with E-state index in [1.54, 1.807) is 7.11 Å². The minimum atomic E-state index is -0.536. The highest BCUT2D eigenvalue weighted by molar-refractivity contribution is 5.61. The number of ether oxygens (including phenoxy) is 1. The standard InChI is InChI=1S/C19H17F2NO/c1-23-13-5-2-4-11(8-13)18-15-7-3-6-14(15)16-9-12(20)10-17(21)19(16)22-18/h2-6,8-10,14-15,18,22H,7H2,1H3/t14-,15-,18-/m0/s1. The summed E-state index contributed by atoms with van der Waals surface area (Å²) in [4.78, 5) is 0. The molecule has 2 aliphatic rings. The highest BCUT2D eigenvalue weighted by Gasteiger charge is 2.39. The highest BCUT2D eigenvalue weighted by Crippen LogP contribution is 2.50. The van der Waals surface area contributed by atoms with Gasteiger partial charge in [0.2, 0.25) is 0 Å². The van der Waals surface area contributed by atoms with E-state index in [1.165, 1.54) is 6.07 Å². The monoisotopic (exact) mass is 313 g/mol. The Balaban J connectivity index is 1.81. The van der Waals surface area contributed by atoms with Gasteiger partial charge in [-0.25, -0.2) is 8.78 Å². The summed E-state index contributed by atoms with van der Waals surface area (Å²) in [6, 6.07) is 10.2. The van der Waals surface area contributed by atoms with E-state index in [1.807, 2.05) is 24.3 Å². The van der Waals surface area contributed by atoms with Crippen molar-refractivity contribution in [2.75, 3.05) is 12.4 Å².